The average Bonchev–Trinajstić information content (AvgIpc) is 3.30. The zero-order chi connectivity index (χ0) is 24.9. The predicted molar refractivity (Wildman–Crippen MR) is 127 cm³/mol. The number of carbonyl (C=O) groups is 3. The largest absolute Gasteiger partial charge is 0.465 e. The van der Waals surface area contributed by atoms with Gasteiger partial charge in [0.15, 0.2) is 5.13 Å². The summed E-state index contributed by atoms with van der Waals surface area (Å²) in [5, 5.41) is 7.10. The molecule has 0 atom stereocenters. The van der Waals surface area contributed by atoms with E-state index in [1.807, 2.05) is 0 Å². The van der Waals surface area contributed by atoms with Gasteiger partial charge in [0.25, 0.3) is 5.91 Å². The first kappa shape index (κ1) is 25.0. The van der Waals surface area contributed by atoms with Gasteiger partial charge in [-0.05, 0) is 30.3 Å². The summed E-state index contributed by atoms with van der Waals surface area (Å²) in [6.45, 7) is -0.337. The third-order valence-electron chi connectivity index (χ3n) is 4.61. The Labute approximate surface area is 200 Å². The van der Waals surface area contributed by atoms with Crippen molar-refractivity contribution in [3.05, 3.63) is 65.0 Å². The van der Waals surface area contributed by atoms with Crippen molar-refractivity contribution in [2.24, 2.45) is 0 Å². The molecule has 178 valence electrons. The minimum atomic E-state index is -3.69. The number of sulfonamides is 1. The van der Waals surface area contributed by atoms with E-state index in [0.717, 1.165) is 4.31 Å². The fraction of sp³-hybridized carbons (Fsp3) is 0.182. The smallest absolute Gasteiger partial charge is 0.337 e. The molecule has 12 heteroatoms. The normalized spacial score (nSPS) is 11.2. The predicted octanol–water partition coefficient (Wildman–Crippen LogP) is 2.22. The fourth-order valence-corrected chi connectivity index (χ4v) is 4.51. The Morgan fingerprint density at radius 1 is 1.06 bits per heavy atom. The summed E-state index contributed by atoms with van der Waals surface area (Å²) in [6, 6.07) is 12.3. The molecule has 3 rings (SSSR count). The number of nitrogens with one attached hydrogen (secondary N) is 2. The van der Waals surface area contributed by atoms with Crippen LogP contribution in [-0.4, -0.2) is 63.2 Å². The maximum atomic E-state index is 12.4. The molecule has 2 N–H and O–H groups in total. The molecule has 2 amide bonds. The molecule has 1 aromatic heterocycles. The van der Waals surface area contributed by atoms with Crippen LogP contribution >= 0.6 is 11.3 Å². The lowest BCUT2D eigenvalue weighted by Gasteiger charge is -2.12. The van der Waals surface area contributed by atoms with Crippen LogP contribution in [-0.2, 0) is 19.6 Å². The van der Waals surface area contributed by atoms with Crippen molar-refractivity contribution in [1.82, 2.24) is 14.6 Å². The van der Waals surface area contributed by atoms with Crippen LogP contribution in [0.4, 0.5) is 5.13 Å². The van der Waals surface area contributed by atoms with Crippen LogP contribution in [0.25, 0.3) is 11.3 Å². The van der Waals surface area contributed by atoms with Crippen molar-refractivity contribution in [2.75, 3.05) is 33.1 Å². The van der Waals surface area contributed by atoms with Crippen LogP contribution < -0.4 is 10.6 Å². The Hall–Kier alpha value is -3.61. The van der Waals surface area contributed by atoms with Crippen molar-refractivity contribution < 1.29 is 27.5 Å². The monoisotopic (exact) mass is 502 g/mol. The molecule has 34 heavy (non-hydrogen) atoms. The maximum Gasteiger partial charge on any atom is 0.337 e. The van der Waals surface area contributed by atoms with E-state index in [4.69, 9.17) is 4.74 Å². The van der Waals surface area contributed by atoms with Crippen molar-refractivity contribution in [1.29, 1.82) is 0 Å². The molecule has 2 aromatic carbocycles. The van der Waals surface area contributed by atoms with E-state index in [1.54, 1.807) is 29.6 Å². The third kappa shape index (κ3) is 5.84. The summed E-state index contributed by atoms with van der Waals surface area (Å²) in [7, 11) is 0.395. The minimum Gasteiger partial charge on any atom is -0.465 e. The molecule has 10 nitrogen and oxygen atoms in total. The van der Waals surface area contributed by atoms with E-state index >= 15 is 0 Å². The molecular weight excluding hydrogens is 480 g/mol. The number of amides is 2. The number of hydrogen-bond donors (Lipinski definition) is 2. The Kier molecular flexibility index (Phi) is 7.76. The summed E-state index contributed by atoms with van der Waals surface area (Å²) in [6.07, 6.45) is 0. The van der Waals surface area contributed by atoms with Crippen molar-refractivity contribution in [3.8, 4) is 11.3 Å². The quantitative estimate of drug-likeness (QED) is 0.451. The molecule has 3 aromatic rings. The van der Waals surface area contributed by atoms with Crippen molar-refractivity contribution in [2.45, 2.75) is 4.90 Å². The van der Waals surface area contributed by atoms with Gasteiger partial charge < -0.3 is 15.4 Å². The molecule has 0 bridgehead atoms. The van der Waals surface area contributed by atoms with Gasteiger partial charge in [-0.15, -0.1) is 11.3 Å². The highest BCUT2D eigenvalue weighted by Crippen LogP contribution is 2.25. The van der Waals surface area contributed by atoms with Crippen LogP contribution in [0.15, 0.2) is 58.8 Å². The summed E-state index contributed by atoms with van der Waals surface area (Å²) in [5.74, 6) is -1.56. The van der Waals surface area contributed by atoms with Crippen LogP contribution in [0.1, 0.15) is 20.7 Å². The molecule has 0 fully saturated rings. The lowest BCUT2D eigenvalue weighted by Crippen LogP contribution is -2.33. The Bertz CT molecular complexity index is 1330. The van der Waals surface area contributed by atoms with Gasteiger partial charge in [-0.2, -0.15) is 0 Å². The lowest BCUT2D eigenvalue weighted by atomic mass is 10.1. The van der Waals surface area contributed by atoms with Gasteiger partial charge >= 0.3 is 5.97 Å². The fourth-order valence-electron chi connectivity index (χ4n) is 2.82. The van der Waals surface area contributed by atoms with Crippen molar-refractivity contribution >= 4 is 44.3 Å². The average molecular weight is 503 g/mol. The van der Waals surface area contributed by atoms with Crippen molar-refractivity contribution in [3.63, 3.8) is 0 Å². The highest BCUT2D eigenvalue weighted by atomic mass is 32.2. The topological polar surface area (TPSA) is 135 Å². The SMILES string of the molecule is COC(=O)c1cccc(-c2csc(NC(=O)CNC(=O)c3cccc(S(=O)(=O)N(C)C)c3)n2)c1. The van der Waals surface area contributed by atoms with Gasteiger partial charge in [0.2, 0.25) is 15.9 Å². The van der Waals surface area contributed by atoms with Crippen LogP contribution in [0.5, 0.6) is 0 Å². The van der Waals surface area contributed by atoms with Gasteiger partial charge in [-0.3, -0.25) is 9.59 Å². The highest BCUT2D eigenvalue weighted by Gasteiger charge is 2.19. The second-order valence-corrected chi connectivity index (χ2v) is 10.2. The summed E-state index contributed by atoms with van der Waals surface area (Å²) in [4.78, 5) is 40.7. The molecule has 0 saturated carbocycles. The van der Waals surface area contributed by atoms with Crippen LogP contribution in [0, 0.1) is 0 Å². The molecule has 0 spiro atoms. The second-order valence-electron chi connectivity index (χ2n) is 7.16. The number of ether oxygens (including phenoxy) is 1. The Balaban J connectivity index is 1.61. The van der Waals surface area contributed by atoms with E-state index in [1.165, 1.54) is 56.8 Å². The van der Waals surface area contributed by atoms with Crippen LogP contribution in [0.2, 0.25) is 0 Å². The molecule has 1 heterocycles. The molecule has 0 unspecified atom stereocenters. The first-order valence-corrected chi connectivity index (χ1v) is 12.2. The van der Waals surface area contributed by atoms with E-state index in [0.29, 0.717) is 22.0 Å². The van der Waals surface area contributed by atoms with Gasteiger partial charge in [0.1, 0.15) is 0 Å². The number of benzene rings is 2. The second kappa shape index (κ2) is 10.5. The Morgan fingerprint density at radius 3 is 2.47 bits per heavy atom. The summed E-state index contributed by atoms with van der Waals surface area (Å²) in [5.41, 5.74) is 1.73. The molecular formula is C22H22N4O6S2. The number of esters is 1. The van der Waals surface area contributed by atoms with Gasteiger partial charge in [-0.25, -0.2) is 22.5 Å². The van der Waals surface area contributed by atoms with Crippen LogP contribution in [0.3, 0.4) is 0 Å². The lowest BCUT2D eigenvalue weighted by molar-refractivity contribution is -0.115. The molecule has 0 aliphatic rings. The first-order valence-electron chi connectivity index (χ1n) is 9.86. The van der Waals surface area contributed by atoms with Gasteiger partial charge in [0.05, 0.1) is 29.8 Å². The maximum absolute atomic E-state index is 12.4. The number of nitrogens with zero attached hydrogens (tertiary/aromatic N) is 2. The first-order chi connectivity index (χ1) is 16.1. The number of aromatic nitrogens is 1. The number of rotatable bonds is 8. The van der Waals surface area contributed by atoms with E-state index in [-0.39, 0.29) is 17.0 Å². The van der Waals surface area contributed by atoms with E-state index in [2.05, 4.69) is 15.6 Å². The zero-order valence-electron chi connectivity index (χ0n) is 18.6. The number of thiazole rings is 1. The van der Waals surface area contributed by atoms with E-state index in [9.17, 15) is 22.8 Å². The minimum absolute atomic E-state index is 0.0267. The zero-order valence-corrected chi connectivity index (χ0v) is 20.2. The van der Waals surface area contributed by atoms with E-state index < -0.39 is 27.8 Å². The Morgan fingerprint density at radius 2 is 1.76 bits per heavy atom. The van der Waals surface area contributed by atoms with Gasteiger partial charge in [-0.1, -0.05) is 18.2 Å². The summed E-state index contributed by atoms with van der Waals surface area (Å²) < 4.78 is 30.3. The summed E-state index contributed by atoms with van der Waals surface area (Å²) >= 11 is 1.19. The highest BCUT2D eigenvalue weighted by molar-refractivity contribution is 7.89. The number of anilines is 1. The number of methoxy groups -OCH3 is 1. The van der Waals surface area contributed by atoms with Gasteiger partial charge in [0, 0.05) is 30.6 Å². The molecule has 0 saturated heterocycles. The molecule has 0 aliphatic heterocycles. The third-order valence-corrected chi connectivity index (χ3v) is 7.18. The number of carbonyl (C=O) groups excluding carboxylic acids is 3. The standard InChI is InChI=1S/C22H22N4O6S2/c1-26(2)34(30,31)17-9-5-7-15(11-17)20(28)23-12-19(27)25-22-24-18(13-33-22)14-6-4-8-16(10-14)21(29)32-3/h4-11,13H,12H2,1-3H3,(H,23,28)(H,24,25,27). The molecule has 0 aliphatic carbocycles. The number of hydrogen-bond acceptors (Lipinski definition) is 8. The molecule has 0 radical (unpaired) electrons.